The van der Waals surface area contributed by atoms with Gasteiger partial charge in [-0.25, -0.2) is 0 Å². The predicted molar refractivity (Wildman–Crippen MR) is 88.8 cm³/mol. The molecule has 0 aliphatic carbocycles. The maximum Gasteiger partial charge on any atom is 0.253 e. The van der Waals surface area contributed by atoms with Crippen LogP contribution in [0.2, 0.25) is 0 Å². The Labute approximate surface area is 137 Å². The number of hydrogen-bond acceptors (Lipinski definition) is 3. The standard InChI is InChI=1S/C18H25N3O2/c19-17(22)16-4-3-9-20(13-16)12-14-5-7-15(8-6-14)18(23)21-10-1-2-11-21/h5-8,16H,1-4,9-13H2,(H2,19,22)/t16-/m0/s1. The second kappa shape index (κ2) is 7.13. The quantitative estimate of drug-likeness (QED) is 0.918. The van der Waals surface area contributed by atoms with E-state index in [1.165, 1.54) is 5.56 Å². The number of hydrogen-bond donors (Lipinski definition) is 1. The molecule has 1 atom stereocenters. The van der Waals surface area contributed by atoms with Gasteiger partial charge in [-0.15, -0.1) is 0 Å². The number of piperidine rings is 1. The summed E-state index contributed by atoms with van der Waals surface area (Å²) in [6, 6.07) is 7.89. The fourth-order valence-corrected chi connectivity index (χ4v) is 3.55. The Hall–Kier alpha value is -1.88. The topological polar surface area (TPSA) is 66.6 Å². The van der Waals surface area contributed by atoms with Crippen LogP contribution in [0.4, 0.5) is 0 Å². The molecule has 2 aliphatic rings. The van der Waals surface area contributed by atoms with Crippen molar-refractivity contribution < 1.29 is 9.59 Å². The Bertz CT molecular complexity index is 564. The Morgan fingerprint density at radius 3 is 2.39 bits per heavy atom. The number of benzene rings is 1. The summed E-state index contributed by atoms with van der Waals surface area (Å²) in [6.07, 6.45) is 4.13. The normalized spacial score (nSPS) is 22.3. The van der Waals surface area contributed by atoms with Crippen LogP contribution in [-0.2, 0) is 11.3 Å². The summed E-state index contributed by atoms with van der Waals surface area (Å²) in [5, 5.41) is 0. The van der Waals surface area contributed by atoms with Gasteiger partial charge in [-0.2, -0.15) is 0 Å². The average Bonchev–Trinajstić information content (AvgIpc) is 3.09. The van der Waals surface area contributed by atoms with Gasteiger partial charge in [0.2, 0.25) is 5.91 Å². The number of nitrogens with zero attached hydrogens (tertiary/aromatic N) is 2. The van der Waals surface area contributed by atoms with Crippen LogP contribution >= 0.6 is 0 Å². The van der Waals surface area contributed by atoms with Gasteiger partial charge in [0.15, 0.2) is 0 Å². The van der Waals surface area contributed by atoms with Crippen LogP contribution < -0.4 is 5.73 Å². The lowest BCUT2D eigenvalue weighted by Gasteiger charge is -2.31. The molecule has 2 saturated heterocycles. The van der Waals surface area contributed by atoms with E-state index in [1.807, 2.05) is 29.2 Å². The monoisotopic (exact) mass is 315 g/mol. The zero-order valence-corrected chi connectivity index (χ0v) is 13.5. The number of carbonyl (C=O) groups excluding carboxylic acids is 2. The molecule has 0 radical (unpaired) electrons. The van der Waals surface area contributed by atoms with Crippen LogP contribution in [0, 0.1) is 5.92 Å². The summed E-state index contributed by atoms with van der Waals surface area (Å²) in [4.78, 5) is 27.9. The molecule has 0 aromatic heterocycles. The zero-order valence-electron chi connectivity index (χ0n) is 13.5. The fourth-order valence-electron chi connectivity index (χ4n) is 3.55. The van der Waals surface area contributed by atoms with Gasteiger partial charge < -0.3 is 10.6 Å². The van der Waals surface area contributed by atoms with Crippen molar-refractivity contribution >= 4 is 11.8 Å². The lowest BCUT2D eigenvalue weighted by atomic mass is 9.97. The van der Waals surface area contributed by atoms with Crippen molar-refractivity contribution in [3.63, 3.8) is 0 Å². The predicted octanol–water partition coefficient (Wildman–Crippen LogP) is 1.62. The number of nitrogens with two attached hydrogens (primary N) is 1. The molecule has 2 N–H and O–H groups in total. The highest BCUT2D eigenvalue weighted by molar-refractivity contribution is 5.94. The molecule has 3 rings (SSSR count). The van der Waals surface area contributed by atoms with Crippen molar-refractivity contribution in [1.82, 2.24) is 9.80 Å². The third-order valence-corrected chi connectivity index (χ3v) is 4.91. The van der Waals surface area contributed by atoms with Crippen molar-refractivity contribution in [3.8, 4) is 0 Å². The van der Waals surface area contributed by atoms with Gasteiger partial charge in [-0.1, -0.05) is 12.1 Å². The van der Waals surface area contributed by atoms with Crippen LogP contribution in [0.1, 0.15) is 41.6 Å². The van der Waals surface area contributed by atoms with Crippen molar-refractivity contribution in [1.29, 1.82) is 0 Å². The van der Waals surface area contributed by atoms with Gasteiger partial charge in [0, 0.05) is 31.7 Å². The molecule has 2 amide bonds. The smallest absolute Gasteiger partial charge is 0.253 e. The molecule has 1 aromatic carbocycles. The van der Waals surface area contributed by atoms with Crippen molar-refractivity contribution in [3.05, 3.63) is 35.4 Å². The lowest BCUT2D eigenvalue weighted by molar-refractivity contribution is -0.123. The van der Waals surface area contributed by atoms with Gasteiger partial charge in [-0.05, 0) is 49.9 Å². The summed E-state index contributed by atoms with van der Waals surface area (Å²) < 4.78 is 0. The van der Waals surface area contributed by atoms with Crippen LogP contribution in [0.15, 0.2) is 24.3 Å². The number of carbonyl (C=O) groups is 2. The maximum atomic E-state index is 12.3. The molecule has 0 spiro atoms. The third-order valence-electron chi connectivity index (χ3n) is 4.91. The Kier molecular flexibility index (Phi) is 4.96. The molecule has 0 unspecified atom stereocenters. The van der Waals surface area contributed by atoms with E-state index in [-0.39, 0.29) is 17.7 Å². The molecular formula is C18H25N3O2. The molecular weight excluding hydrogens is 290 g/mol. The minimum absolute atomic E-state index is 0.0280. The minimum atomic E-state index is -0.193. The largest absolute Gasteiger partial charge is 0.369 e. The first-order chi connectivity index (χ1) is 11.1. The number of amides is 2. The second-order valence-electron chi connectivity index (χ2n) is 6.67. The summed E-state index contributed by atoms with van der Waals surface area (Å²) in [7, 11) is 0. The summed E-state index contributed by atoms with van der Waals surface area (Å²) >= 11 is 0. The molecule has 0 bridgehead atoms. The number of likely N-dealkylation sites (tertiary alicyclic amines) is 2. The highest BCUT2D eigenvalue weighted by atomic mass is 16.2. The third kappa shape index (κ3) is 3.91. The lowest BCUT2D eigenvalue weighted by Crippen LogP contribution is -2.40. The summed E-state index contributed by atoms with van der Waals surface area (Å²) in [6.45, 7) is 4.30. The first-order valence-electron chi connectivity index (χ1n) is 8.53. The Morgan fingerprint density at radius 1 is 1.04 bits per heavy atom. The van der Waals surface area contributed by atoms with Crippen molar-refractivity contribution in [2.75, 3.05) is 26.2 Å². The second-order valence-corrected chi connectivity index (χ2v) is 6.67. The van der Waals surface area contributed by atoms with Crippen LogP contribution in [0.3, 0.4) is 0 Å². The van der Waals surface area contributed by atoms with Crippen molar-refractivity contribution in [2.24, 2.45) is 11.7 Å². The molecule has 2 fully saturated rings. The molecule has 1 aromatic rings. The van der Waals surface area contributed by atoms with Crippen LogP contribution in [-0.4, -0.2) is 47.8 Å². The van der Waals surface area contributed by atoms with E-state index in [0.29, 0.717) is 0 Å². The van der Waals surface area contributed by atoms with Gasteiger partial charge in [0.1, 0.15) is 0 Å². The number of primary amides is 1. The van der Waals surface area contributed by atoms with E-state index < -0.39 is 0 Å². The summed E-state index contributed by atoms with van der Waals surface area (Å²) in [5.74, 6) is -0.0816. The van der Waals surface area contributed by atoms with Gasteiger partial charge >= 0.3 is 0 Å². The maximum absolute atomic E-state index is 12.3. The molecule has 2 heterocycles. The van der Waals surface area contributed by atoms with Gasteiger partial charge in [-0.3, -0.25) is 14.5 Å². The molecule has 124 valence electrons. The molecule has 0 saturated carbocycles. The first kappa shape index (κ1) is 16.0. The van der Waals surface area contributed by atoms with Crippen LogP contribution in [0.5, 0.6) is 0 Å². The highest BCUT2D eigenvalue weighted by Crippen LogP contribution is 2.19. The van der Waals surface area contributed by atoms with E-state index in [0.717, 1.165) is 64.0 Å². The summed E-state index contributed by atoms with van der Waals surface area (Å²) in [5.41, 5.74) is 7.37. The Morgan fingerprint density at radius 2 is 1.74 bits per heavy atom. The number of rotatable bonds is 4. The molecule has 5 nitrogen and oxygen atoms in total. The minimum Gasteiger partial charge on any atom is -0.369 e. The van der Waals surface area contributed by atoms with E-state index in [2.05, 4.69) is 4.90 Å². The zero-order chi connectivity index (χ0) is 16.2. The fraction of sp³-hybridized carbons (Fsp3) is 0.556. The SMILES string of the molecule is NC(=O)[C@H]1CCCN(Cc2ccc(C(=O)N3CCCC3)cc2)C1. The molecule has 23 heavy (non-hydrogen) atoms. The highest BCUT2D eigenvalue weighted by Gasteiger charge is 2.24. The average molecular weight is 315 g/mol. The molecule has 5 heteroatoms. The van der Waals surface area contributed by atoms with Crippen LogP contribution in [0.25, 0.3) is 0 Å². The van der Waals surface area contributed by atoms with Gasteiger partial charge in [0.25, 0.3) is 5.91 Å². The van der Waals surface area contributed by atoms with E-state index in [4.69, 9.17) is 5.73 Å². The Balaban J connectivity index is 1.59. The van der Waals surface area contributed by atoms with E-state index in [9.17, 15) is 9.59 Å². The van der Waals surface area contributed by atoms with Gasteiger partial charge in [0.05, 0.1) is 5.92 Å². The first-order valence-corrected chi connectivity index (χ1v) is 8.53. The van der Waals surface area contributed by atoms with E-state index >= 15 is 0 Å². The van der Waals surface area contributed by atoms with E-state index in [1.54, 1.807) is 0 Å². The van der Waals surface area contributed by atoms with Crippen molar-refractivity contribution in [2.45, 2.75) is 32.2 Å². The molecule has 2 aliphatic heterocycles.